The van der Waals surface area contributed by atoms with Gasteiger partial charge in [-0.3, -0.25) is 0 Å². The van der Waals surface area contributed by atoms with Gasteiger partial charge < -0.3 is 27.6 Å². The Labute approximate surface area is 474 Å². The van der Waals surface area contributed by atoms with E-state index in [0.717, 1.165) is 33.4 Å². The molecule has 383 valence electrons. The number of nitrogens with zero attached hydrogens (tertiary/aromatic N) is 18. The number of hydrogen-bond acceptors (Lipinski definition) is 12. The summed E-state index contributed by atoms with van der Waals surface area (Å²) in [4.78, 5) is 0. The quantitative estimate of drug-likeness (QED) is 0.104. The molecule has 12 aromatic rings. The molecule has 6 aromatic heterocycles. The van der Waals surface area contributed by atoms with Gasteiger partial charge >= 0.3 is 31.0 Å². The van der Waals surface area contributed by atoms with Crippen molar-refractivity contribution in [1.29, 1.82) is 31.6 Å². The first-order valence-corrected chi connectivity index (χ1v) is 25.0. The molecule has 0 aliphatic heterocycles. The maximum atomic E-state index is 10.0. The standard InChI is InChI=1S/2C30H19BN9.Co/c2*32-16-25-19-35-40(30(25)24-14-8-3-9-15-24)31(38-20-26(17-33)28(36-38)22-10-4-1-5-11-22)39-21-27(18-34)29(37-39)23-12-6-2-7-13-23;/h2*1-15,19-21,31H;/q2*-1;+2. The summed E-state index contributed by atoms with van der Waals surface area (Å²) < 4.78 is 10.1. The smallest absolute Gasteiger partial charge is 0.401 e. The van der Waals surface area contributed by atoms with E-state index in [4.69, 9.17) is 20.4 Å². The maximum Gasteiger partial charge on any atom is 2.00 e. The number of hydrogen-bond donors (Lipinski definition) is 0. The molecule has 0 unspecified atom stereocenters. The second kappa shape index (κ2) is 23.6. The zero-order chi connectivity index (χ0) is 55.0. The van der Waals surface area contributed by atoms with Crippen LogP contribution in [0.2, 0.25) is 0 Å². The molecule has 0 aliphatic carbocycles. The maximum absolute atomic E-state index is 10.0. The number of nitriles is 6. The SMILES string of the molecule is N#Cc1cn([BH-](n2cc(C#N)c(-c3ccccc3)n2)n2ncc(C#N)c2-c2ccccc2)nc1-c1ccccc1.N#Cc1cn([BH-](n2cc(C#N)c(-c3ccccc3)n2)n2ncc(C#N)c2-c2ccccc2)nc1-c1ccccc1.[Co+2]. The molecule has 0 saturated heterocycles. The van der Waals surface area contributed by atoms with E-state index in [0.29, 0.717) is 67.5 Å². The predicted molar refractivity (Wildman–Crippen MR) is 301 cm³/mol. The molecule has 0 spiro atoms. The van der Waals surface area contributed by atoms with Crippen LogP contribution in [0.15, 0.2) is 219 Å². The van der Waals surface area contributed by atoms with Crippen LogP contribution in [0, 0.1) is 68.0 Å². The van der Waals surface area contributed by atoms with Crippen LogP contribution < -0.4 is 0 Å². The fraction of sp³-hybridized carbons (Fsp3) is 0. The van der Waals surface area contributed by atoms with Crippen molar-refractivity contribution in [3.05, 3.63) is 253 Å². The van der Waals surface area contributed by atoms with Crippen molar-refractivity contribution >= 4 is 14.2 Å². The van der Waals surface area contributed by atoms with Crippen LogP contribution in [0.4, 0.5) is 0 Å². The van der Waals surface area contributed by atoms with Crippen molar-refractivity contribution in [2.24, 2.45) is 0 Å². The molecule has 0 fully saturated rings. The second-order valence-electron chi connectivity index (χ2n) is 18.3. The minimum Gasteiger partial charge on any atom is -0.401 e. The van der Waals surface area contributed by atoms with Crippen LogP contribution in [0.1, 0.15) is 33.4 Å². The molecule has 0 amide bonds. The van der Waals surface area contributed by atoms with Crippen LogP contribution in [-0.4, -0.2) is 72.4 Å². The molecule has 0 atom stereocenters. The van der Waals surface area contributed by atoms with Crippen molar-refractivity contribution < 1.29 is 16.8 Å². The van der Waals surface area contributed by atoms with E-state index >= 15 is 0 Å². The summed E-state index contributed by atoms with van der Waals surface area (Å²) in [7, 11) is -4.11. The molecule has 1 radical (unpaired) electrons. The third-order valence-corrected chi connectivity index (χ3v) is 13.4. The Balaban J connectivity index is 0.000000180. The minimum atomic E-state index is -2.06. The van der Waals surface area contributed by atoms with Gasteiger partial charge in [0.2, 0.25) is 0 Å². The zero-order valence-electron chi connectivity index (χ0n) is 42.6. The predicted octanol–water partition coefficient (Wildman–Crippen LogP) is 9.11. The van der Waals surface area contributed by atoms with Crippen LogP contribution in [0.25, 0.3) is 67.5 Å². The minimum absolute atomic E-state index is 0. The van der Waals surface area contributed by atoms with E-state index in [9.17, 15) is 31.6 Å². The Hall–Kier alpha value is -11.8. The summed E-state index contributed by atoms with van der Waals surface area (Å²) in [6.07, 6.45) is 9.70. The van der Waals surface area contributed by atoms with Gasteiger partial charge in [0.05, 0.1) is 45.8 Å². The van der Waals surface area contributed by atoms with Crippen molar-refractivity contribution in [2.75, 3.05) is 0 Å². The van der Waals surface area contributed by atoms with Crippen molar-refractivity contribution in [1.82, 2.24) is 58.1 Å². The Kier molecular flexibility index (Phi) is 15.3. The Morgan fingerprint density at radius 2 is 0.494 bits per heavy atom. The summed E-state index contributed by atoms with van der Waals surface area (Å²) in [5.74, 6) is 0. The van der Waals surface area contributed by atoms with Crippen LogP contribution in [-0.2, 0) is 16.8 Å². The van der Waals surface area contributed by atoms with Gasteiger partial charge in [-0.05, 0) is 11.1 Å². The number of aromatic nitrogens is 12. The van der Waals surface area contributed by atoms with E-state index < -0.39 is 14.2 Å². The van der Waals surface area contributed by atoms with Crippen LogP contribution in [0.3, 0.4) is 0 Å². The molecular formula is C60H38B2CoN18. The van der Waals surface area contributed by atoms with Gasteiger partial charge in [-0.25, -0.2) is 30.6 Å². The summed E-state index contributed by atoms with van der Waals surface area (Å²) in [5, 5.41) is 88.6. The van der Waals surface area contributed by atoms with Gasteiger partial charge in [-0.2, -0.15) is 31.6 Å². The molecular weight excluding hydrogens is 1050 g/mol. The largest absolute Gasteiger partial charge is 2.00 e. The van der Waals surface area contributed by atoms with E-state index in [-0.39, 0.29) is 16.8 Å². The molecule has 18 nitrogen and oxygen atoms in total. The normalized spacial score (nSPS) is 10.5. The number of rotatable bonds is 12. The third-order valence-electron chi connectivity index (χ3n) is 13.4. The molecule has 81 heavy (non-hydrogen) atoms. The van der Waals surface area contributed by atoms with Crippen LogP contribution in [0.5, 0.6) is 0 Å². The molecule has 21 heteroatoms. The Bertz CT molecular complexity index is 3970. The summed E-state index contributed by atoms with van der Waals surface area (Å²) in [6, 6.07) is 70.4. The van der Waals surface area contributed by atoms with Gasteiger partial charge in [-0.1, -0.05) is 182 Å². The average Bonchev–Trinajstić information content (AvgIpc) is 4.44. The van der Waals surface area contributed by atoms with E-state index in [1.54, 1.807) is 52.3 Å². The van der Waals surface area contributed by atoms with Gasteiger partial charge in [0.15, 0.2) is 0 Å². The molecule has 0 aliphatic rings. The topological polar surface area (TPSA) is 250 Å². The molecule has 12 rings (SSSR count). The average molecular weight is 1090 g/mol. The van der Waals surface area contributed by atoms with E-state index in [1.165, 1.54) is 12.4 Å². The van der Waals surface area contributed by atoms with Gasteiger partial charge in [-0.15, -0.1) is 0 Å². The monoisotopic (exact) mass is 1090 g/mol. The van der Waals surface area contributed by atoms with Crippen LogP contribution >= 0.6 is 0 Å². The molecule has 0 bridgehead atoms. The molecule has 0 N–H and O–H groups in total. The molecule has 6 aromatic carbocycles. The fourth-order valence-corrected chi connectivity index (χ4v) is 9.84. The van der Waals surface area contributed by atoms with E-state index in [1.807, 2.05) is 182 Å². The Morgan fingerprint density at radius 3 is 0.704 bits per heavy atom. The first-order valence-electron chi connectivity index (χ1n) is 25.0. The fourth-order valence-electron chi connectivity index (χ4n) is 9.84. The first-order chi connectivity index (χ1) is 39.4. The second-order valence-corrected chi connectivity index (χ2v) is 18.3. The first kappa shape index (κ1) is 52.6. The van der Waals surface area contributed by atoms with Gasteiger partial charge in [0, 0.05) is 58.4 Å². The van der Waals surface area contributed by atoms with Gasteiger partial charge in [0.25, 0.3) is 0 Å². The van der Waals surface area contributed by atoms with Crippen molar-refractivity contribution in [3.8, 4) is 104 Å². The molecule has 0 saturated carbocycles. The Morgan fingerprint density at radius 1 is 0.284 bits per heavy atom. The number of benzene rings is 6. The third kappa shape index (κ3) is 10.3. The van der Waals surface area contributed by atoms with Gasteiger partial charge in [0.1, 0.15) is 59.2 Å². The van der Waals surface area contributed by atoms with E-state index in [2.05, 4.69) is 46.6 Å². The molecule has 6 heterocycles. The summed E-state index contributed by atoms with van der Waals surface area (Å²) in [6.45, 7) is 0. The summed E-state index contributed by atoms with van der Waals surface area (Å²) >= 11 is 0. The van der Waals surface area contributed by atoms with Crippen molar-refractivity contribution in [2.45, 2.75) is 0 Å². The zero-order valence-corrected chi connectivity index (χ0v) is 43.6. The summed E-state index contributed by atoms with van der Waals surface area (Å²) in [5.41, 5.74) is 10.3. The van der Waals surface area contributed by atoms with Crippen molar-refractivity contribution in [3.63, 3.8) is 0 Å².